The molecule has 0 bridgehead atoms. The van der Waals surface area contributed by atoms with Gasteiger partial charge >= 0.3 is 0 Å². The van der Waals surface area contributed by atoms with Crippen LogP contribution in [0.5, 0.6) is 5.75 Å². The number of hydrogen-bond donors (Lipinski definition) is 1. The molecule has 1 aromatic rings. The minimum absolute atomic E-state index is 0.207. The van der Waals surface area contributed by atoms with Gasteiger partial charge in [-0.2, -0.15) is 0 Å². The number of rotatable bonds is 5. The van der Waals surface area contributed by atoms with E-state index in [2.05, 4.69) is 59.0 Å². The summed E-state index contributed by atoms with van der Waals surface area (Å²) < 4.78 is 6.35. The lowest BCUT2D eigenvalue weighted by Gasteiger charge is -2.52. The molecule has 0 spiro atoms. The quantitative estimate of drug-likeness (QED) is 0.871. The number of nitrogens with one attached hydrogen (secondary N) is 1. The topological polar surface area (TPSA) is 21.3 Å². The number of aryl methyl sites for hydroxylation is 3. The Balaban J connectivity index is 2.06. The minimum atomic E-state index is 0.207. The van der Waals surface area contributed by atoms with Crippen molar-refractivity contribution in [2.24, 2.45) is 5.41 Å². The van der Waals surface area contributed by atoms with E-state index in [-0.39, 0.29) is 5.41 Å². The maximum Gasteiger partial charge on any atom is 0.125 e. The molecule has 0 aromatic heterocycles. The lowest BCUT2D eigenvalue weighted by Crippen LogP contribution is -2.62. The molecule has 2 atom stereocenters. The van der Waals surface area contributed by atoms with E-state index in [0.29, 0.717) is 12.1 Å². The first-order chi connectivity index (χ1) is 9.36. The van der Waals surface area contributed by atoms with E-state index in [9.17, 15) is 0 Å². The summed E-state index contributed by atoms with van der Waals surface area (Å²) in [5, 5.41) is 3.63. The predicted molar refractivity (Wildman–Crippen MR) is 85.5 cm³/mol. The summed E-state index contributed by atoms with van der Waals surface area (Å²) in [7, 11) is 0. The Bertz CT molecular complexity index is 455. The first kappa shape index (κ1) is 15.4. The fraction of sp³-hybridized carbons (Fsp3) is 0.667. The summed E-state index contributed by atoms with van der Waals surface area (Å²) in [4.78, 5) is 0. The third-order valence-electron chi connectivity index (χ3n) is 4.68. The highest BCUT2D eigenvalue weighted by atomic mass is 16.5. The molecular formula is C18H29NO. The van der Waals surface area contributed by atoms with E-state index in [1.807, 2.05) is 0 Å². The van der Waals surface area contributed by atoms with Crippen molar-refractivity contribution in [2.45, 2.75) is 66.5 Å². The van der Waals surface area contributed by atoms with Crippen molar-refractivity contribution in [1.29, 1.82) is 0 Å². The summed E-state index contributed by atoms with van der Waals surface area (Å²) in [5.41, 5.74) is 4.02. The van der Waals surface area contributed by atoms with Gasteiger partial charge in [0.25, 0.3) is 0 Å². The largest absolute Gasteiger partial charge is 0.489 e. The van der Waals surface area contributed by atoms with Crippen LogP contribution in [-0.2, 0) is 0 Å². The smallest absolute Gasteiger partial charge is 0.125 e. The highest BCUT2D eigenvalue weighted by molar-refractivity contribution is 5.43. The van der Waals surface area contributed by atoms with Crippen LogP contribution in [0.2, 0.25) is 0 Å². The molecular weight excluding hydrogens is 246 g/mol. The Morgan fingerprint density at radius 3 is 2.30 bits per heavy atom. The lowest BCUT2D eigenvalue weighted by molar-refractivity contribution is -0.0552. The van der Waals surface area contributed by atoms with E-state index in [0.717, 1.165) is 18.7 Å². The van der Waals surface area contributed by atoms with Crippen LogP contribution >= 0.6 is 0 Å². The Kier molecular flexibility index (Phi) is 4.43. The average molecular weight is 275 g/mol. The first-order valence-electron chi connectivity index (χ1n) is 7.84. The second kappa shape index (κ2) is 5.77. The van der Waals surface area contributed by atoms with Gasteiger partial charge in [0.05, 0.1) is 0 Å². The summed E-state index contributed by atoms with van der Waals surface area (Å²) in [6.45, 7) is 14.4. The first-order valence-corrected chi connectivity index (χ1v) is 7.84. The van der Waals surface area contributed by atoms with Gasteiger partial charge < -0.3 is 10.1 Å². The fourth-order valence-electron chi connectivity index (χ4n) is 3.25. The number of ether oxygens (including phenoxy) is 1. The zero-order valence-electron chi connectivity index (χ0n) is 13.8. The van der Waals surface area contributed by atoms with E-state index in [1.165, 1.54) is 23.1 Å². The van der Waals surface area contributed by atoms with Gasteiger partial charge in [-0.3, -0.25) is 0 Å². The van der Waals surface area contributed by atoms with Crippen LogP contribution < -0.4 is 10.1 Å². The zero-order chi connectivity index (χ0) is 14.9. The second-order valence-corrected chi connectivity index (χ2v) is 6.90. The average Bonchev–Trinajstić information content (AvgIpc) is 2.35. The van der Waals surface area contributed by atoms with Gasteiger partial charge in [0.2, 0.25) is 0 Å². The molecule has 1 fully saturated rings. The van der Waals surface area contributed by atoms with Crippen molar-refractivity contribution in [3.05, 3.63) is 28.8 Å². The summed E-state index contributed by atoms with van der Waals surface area (Å²) >= 11 is 0. The van der Waals surface area contributed by atoms with Crippen molar-refractivity contribution < 1.29 is 4.74 Å². The van der Waals surface area contributed by atoms with Crippen LogP contribution in [0.4, 0.5) is 0 Å². The molecule has 0 amide bonds. The Hall–Kier alpha value is -1.02. The normalized spacial score (nSPS) is 24.3. The van der Waals surface area contributed by atoms with Crippen LogP contribution in [0.3, 0.4) is 0 Å². The van der Waals surface area contributed by atoms with Crippen molar-refractivity contribution in [3.8, 4) is 5.75 Å². The maximum absolute atomic E-state index is 6.35. The van der Waals surface area contributed by atoms with Crippen LogP contribution in [0.15, 0.2) is 12.1 Å². The lowest BCUT2D eigenvalue weighted by atomic mass is 9.64. The molecule has 1 N–H and O–H groups in total. The van der Waals surface area contributed by atoms with Crippen LogP contribution in [0.1, 0.15) is 50.3 Å². The van der Waals surface area contributed by atoms with Gasteiger partial charge in [0, 0.05) is 17.9 Å². The van der Waals surface area contributed by atoms with Crippen molar-refractivity contribution in [3.63, 3.8) is 0 Å². The molecule has 1 aliphatic carbocycles. The predicted octanol–water partition coefficient (Wildman–Crippen LogP) is 4.16. The number of benzene rings is 1. The highest BCUT2D eigenvalue weighted by Crippen LogP contribution is 2.44. The molecule has 2 unspecified atom stereocenters. The van der Waals surface area contributed by atoms with Gasteiger partial charge in [-0.15, -0.1) is 0 Å². The summed E-state index contributed by atoms with van der Waals surface area (Å²) in [6.07, 6.45) is 2.62. The standard InChI is InChI=1S/C18H29NO/c1-7-8-19-15-11-16(18(15,5)6)20-17-13(3)9-12(2)10-14(17)4/h9-10,15-16,19H,7-8,11H2,1-6H3. The van der Waals surface area contributed by atoms with Gasteiger partial charge in [-0.25, -0.2) is 0 Å². The Morgan fingerprint density at radius 2 is 1.80 bits per heavy atom. The van der Waals surface area contributed by atoms with Gasteiger partial charge in [0.15, 0.2) is 0 Å². The van der Waals surface area contributed by atoms with Crippen LogP contribution in [0, 0.1) is 26.2 Å². The number of hydrogen-bond acceptors (Lipinski definition) is 2. The molecule has 2 rings (SSSR count). The van der Waals surface area contributed by atoms with E-state index >= 15 is 0 Å². The molecule has 1 aliphatic rings. The van der Waals surface area contributed by atoms with E-state index in [1.54, 1.807) is 0 Å². The van der Waals surface area contributed by atoms with Gasteiger partial charge in [-0.05, 0) is 44.9 Å². The molecule has 0 aliphatic heterocycles. The Labute approximate surface area is 123 Å². The third-order valence-corrected chi connectivity index (χ3v) is 4.68. The van der Waals surface area contributed by atoms with Crippen LogP contribution in [0.25, 0.3) is 0 Å². The maximum atomic E-state index is 6.35. The fourth-order valence-corrected chi connectivity index (χ4v) is 3.25. The molecule has 20 heavy (non-hydrogen) atoms. The molecule has 0 saturated heterocycles. The summed E-state index contributed by atoms with van der Waals surface area (Å²) in [5.74, 6) is 1.09. The molecule has 2 nitrogen and oxygen atoms in total. The molecule has 0 heterocycles. The molecule has 2 heteroatoms. The molecule has 0 radical (unpaired) electrons. The van der Waals surface area contributed by atoms with Crippen molar-refractivity contribution in [1.82, 2.24) is 5.32 Å². The monoisotopic (exact) mass is 275 g/mol. The van der Waals surface area contributed by atoms with Crippen molar-refractivity contribution in [2.75, 3.05) is 6.54 Å². The summed E-state index contributed by atoms with van der Waals surface area (Å²) in [6, 6.07) is 5.00. The minimum Gasteiger partial charge on any atom is -0.489 e. The SMILES string of the molecule is CCCNC1CC(Oc2c(C)cc(C)cc2C)C1(C)C. The van der Waals surface area contributed by atoms with Crippen LogP contribution in [-0.4, -0.2) is 18.7 Å². The molecule has 1 saturated carbocycles. The van der Waals surface area contributed by atoms with E-state index < -0.39 is 0 Å². The molecule has 1 aromatic carbocycles. The van der Waals surface area contributed by atoms with Gasteiger partial charge in [0.1, 0.15) is 11.9 Å². The zero-order valence-corrected chi connectivity index (χ0v) is 13.8. The van der Waals surface area contributed by atoms with E-state index in [4.69, 9.17) is 4.74 Å². The Morgan fingerprint density at radius 1 is 1.20 bits per heavy atom. The highest BCUT2D eigenvalue weighted by Gasteiger charge is 2.49. The second-order valence-electron chi connectivity index (χ2n) is 6.90. The third kappa shape index (κ3) is 2.85. The van der Waals surface area contributed by atoms with Crippen molar-refractivity contribution >= 4 is 0 Å². The molecule has 112 valence electrons. The van der Waals surface area contributed by atoms with Gasteiger partial charge in [-0.1, -0.05) is 38.5 Å².